The summed E-state index contributed by atoms with van der Waals surface area (Å²) < 4.78 is 5.73. The van der Waals surface area contributed by atoms with Gasteiger partial charge in [-0.25, -0.2) is 0 Å². The van der Waals surface area contributed by atoms with Gasteiger partial charge in [0.1, 0.15) is 0 Å². The lowest BCUT2D eigenvalue weighted by Crippen LogP contribution is -2.29. The lowest BCUT2D eigenvalue weighted by Gasteiger charge is -2.24. The molecule has 0 aromatic heterocycles. The quantitative estimate of drug-likeness (QED) is 0.799. The second-order valence-corrected chi connectivity index (χ2v) is 5.82. The molecular weight excluding hydrogens is 236 g/mol. The largest absolute Gasteiger partial charge is 0.398 e. The van der Waals surface area contributed by atoms with Gasteiger partial charge in [0.2, 0.25) is 0 Å². The fourth-order valence-electron chi connectivity index (χ4n) is 2.91. The maximum atomic E-state index is 6.06. The first kappa shape index (κ1) is 12.9. The van der Waals surface area contributed by atoms with Crippen LogP contribution < -0.4 is 5.73 Å². The maximum Gasteiger partial charge on any atom is 0.0588 e. The Balaban J connectivity index is 1.56. The van der Waals surface area contributed by atoms with E-state index in [1.807, 2.05) is 12.1 Å². The summed E-state index contributed by atoms with van der Waals surface area (Å²) in [4.78, 5) is 2.59. The van der Waals surface area contributed by atoms with Gasteiger partial charge in [0, 0.05) is 31.4 Å². The molecule has 0 amide bonds. The number of rotatable bonds is 6. The SMILES string of the molecule is Nc1ccccc1CN(CCC1CCCO1)C1CC1. The summed E-state index contributed by atoms with van der Waals surface area (Å²) in [6.07, 6.45) is 6.83. The number of ether oxygens (including phenoxy) is 1. The summed E-state index contributed by atoms with van der Waals surface area (Å²) in [5, 5.41) is 0. The van der Waals surface area contributed by atoms with E-state index in [2.05, 4.69) is 17.0 Å². The van der Waals surface area contributed by atoms with Crippen LogP contribution in [0.4, 0.5) is 5.69 Å². The second-order valence-electron chi connectivity index (χ2n) is 5.82. The molecule has 2 fully saturated rings. The summed E-state index contributed by atoms with van der Waals surface area (Å²) in [6.45, 7) is 3.09. The van der Waals surface area contributed by atoms with Crippen molar-refractivity contribution in [3.05, 3.63) is 29.8 Å². The Kier molecular flexibility index (Phi) is 4.04. The summed E-state index contributed by atoms with van der Waals surface area (Å²) in [7, 11) is 0. The van der Waals surface area contributed by atoms with Crippen molar-refractivity contribution in [2.24, 2.45) is 0 Å². The van der Waals surface area contributed by atoms with Crippen molar-refractivity contribution >= 4 is 5.69 Å². The highest BCUT2D eigenvalue weighted by Crippen LogP contribution is 2.30. The Morgan fingerprint density at radius 1 is 1.21 bits per heavy atom. The topological polar surface area (TPSA) is 38.5 Å². The second kappa shape index (κ2) is 5.93. The Hall–Kier alpha value is -1.06. The molecule has 19 heavy (non-hydrogen) atoms. The summed E-state index contributed by atoms with van der Waals surface area (Å²) in [5.74, 6) is 0. The number of nitrogens with zero attached hydrogens (tertiary/aromatic N) is 1. The lowest BCUT2D eigenvalue weighted by molar-refractivity contribution is 0.0896. The van der Waals surface area contributed by atoms with Crippen LogP contribution in [-0.4, -0.2) is 30.2 Å². The van der Waals surface area contributed by atoms with E-state index in [1.54, 1.807) is 0 Å². The molecule has 1 heterocycles. The minimum Gasteiger partial charge on any atom is -0.398 e. The highest BCUT2D eigenvalue weighted by molar-refractivity contribution is 5.46. The first-order valence-corrected chi connectivity index (χ1v) is 7.52. The van der Waals surface area contributed by atoms with Gasteiger partial charge in [-0.1, -0.05) is 18.2 Å². The third-order valence-electron chi connectivity index (χ3n) is 4.25. The summed E-state index contributed by atoms with van der Waals surface area (Å²) >= 11 is 0. The first-order chi connectivity index (χ1) is 9.33. The minimum atomic E-state index is 0.495. The fourth-order valence-corrected chi connectivity index (χ4v) is 2.91. The standard InChI is InChI=1S/C16H24N2O/c17-16-6-2-1-4-13(16)12-18(14-7-8-14)10-9-15-5-3-11-19-15/h1-2,4,6,14-15H,3,5,7-12,17H2. The van der Waals surface area contributed by atoms with E-state index in [9.17, 15) is 0 Å². The molecule has 0 radical (unpaired) electrons. The zero-order valence-corrected chi connectivity index (χ0v) is 11.6. The Morgan fingerprint density at radius 2 is 2.05 bits per heavy atom. The first-order valence-electron chi connectivity index (χ1n) is 7.52. The molecule has 3 rings (SSSR count). The van der Waals surface area contributed by atoms with Crippen LogP contribution in [0.2, 0.25) is 0 Å². The molecule has 1 aromatic carbocycles. The van der Waals surface area contributed by atoms with E-state index in [0.29, 0.717) is 6.10 Å². The number of para-hydroxylation sites is 1. The van der Waals surface area contributed by atoms with Crippen molar-refractivity contribution in [1.29, 1.82) is 0 Å². The Morgan fingerprint density at radius 3 is 2.74 bits per heavy atom. The molecule has 1 aromatic rings. The van der Waals surface area contributed by atoms with Crippen LogP contribution in [-0.2, 0) is 11.3 Å². The monoisotopic (exact) mass is 260 g/mol. The third-order valence-corrected chi connectivity index (χ3v) is 4.25. The van der Waals surface area contributed by atoms with E-state index in [0.717, 1.165) is 31.4 Å². The molecular formula is C16H24N2O. The van der Waals surface area contributed by atoms with Gasteiger partial charge in [-0.2, -0.15) is 0 Å². The van der Waals surface area contributed by atoms with Gasteiger partial charge in [0.05, 0.1) is 6.10 Å². The van der Waals surface area contributed by atoms with Crippen LogP contribution in [0.5, 0.6) is 0 Å². The molecule has 0 spiro atoms. The molecule has 3 nitrogen and oxygen atoms in total. The van der Waals surface area contributed by atoms with Crippen LogP contribution in [0.1, 0.15) is 37.7 Å². The lowest BCUT2D eigenvalue weighted by atomic mass is 10.1. The molecule has 1 atom stereocenters. The highest BCUT2D eigenvalue weighted by atomic mass is 16.5. The number of nitrogen functional groups attached to an aromatic ring is 1. The van der Waals surface area contributed by atoms with Crippen LogP contribution in [0, 0.1) is 0 Å². The number of hydrogen-bond acceptors (Lipinski definition) is 3. The van der Waals surface area contributed by atoms with Crippen molar-refractivity contribution in [2.75, 3.05) is 18.9 Å². The van der Waals surface area contributed by atoms with Crippen LogP contribution in [0.3, 0.4) is 0 Å². The van der Waals surface area contributed by atoms with E-state index < -0.39 is 0 Å². The molecule has 104 valence electrons. The van der Waals surface area contributed by atoms with Gasteiger partial charge in [-0.3, -0.25) is 4.90 Å². The maximum absolute atomic E-state index is 6.06. The van der Waals surface area contributed by atoms with Gasteiger partial charge >= 0.3 is 0 Å². The molecule has 1 unspecified atom stereocenters. The normalized spacial score (nSPS) is 23.1. The van der Waals surface area contributed by atoms with Gasteiger partial charge in [-0.05, 0) is 43.7 Å². The van der Waals surface area contributed by atoms with Gasteiger partial charge in [0.25, 0.3) is 0 Å². The van der Waals surface area contributed by atoms with Gasteiger partial charge in [-0.15, -0.1) is 0 Å². The molecule has 1 saturated heterocycles. The van der Waals surface area contributed by atoms with E-state index in [1.165, 1.54) is 37.7 Å². The number of nitrogens with two attached hydrogens (primary N) is 1. The molecule has 1 aliphatic heterocycles. The predicted octanol–water partition coefficient (Wildman–Crippen LogP) is 2.80. The Labute approximate surface area is 115 Å². The Bertz CT molecular complexity index is 411. The third kappa shape index (κ3) is 3.48. The molecule has 1 aliphatic carbocycles. The van der Waals surface area contributed by atoms with E-state index in [-0.39, 0.29) is 0 Å². The molecule has 2 aliphatic rings. The average molecular weight is 260 g/mol. The molecule has 3 heteroatoms. The van der Waals surface area contributed by atoms with Crippen molar-refractivity contribution in [3.8, 4) is 0 Å². The average Bonchev–Trinajstić information content (AvgIpc) is 3.13. The number of hydrogen-bond donors (Lipinski definition) is 1. The minimum absolute atomic E-state index is 0.495. The zero-order chi connectivity index (χ0) is 13.1. The van der Waals surface area contributed by atoms with Crippen molar-refractivity contribution < 1.29 is 4.74 Å². The van der Waals surface area contributed by atoms with Gasteiger partial charge in [0.15, 0.2) is 0 Å². The van der Waals surface area contributed by atoms with Crippen molar-refractivity contribution in [1.82, 2.24) is 4.90 Å². The van der Waals surface area contributed by atoms with Gasteiger partial charge < -0.3 is 10.5 Å². The number of benzene rings is 1. The zero-order valence-electron chi connectivity index (χ0n) is 11.6. The van der Waals surface area contributed by atoms with Crippen molar-refractivity contribution in [2.45, 2.75) is 50.8 Å². The van der Waals surface area contributed by atoms with Crippen LogP contribution in [0.25, 0.3) is 0 Å². The molecule has 0 bridgehead atoms. The van der Waals surface area contributed by atoms with E-state index in [4.69, 9.17) is 10.5 Å². The van der Waals surface area contributed by atoms with Crippen molar-refractivity contribution in [3.63, 3.8) is 0 Å². The van der Waals surface area contributed by atoms with Crippen LogP contribution in [0.15, 0.2) is 24.3 Å². The molecule has 2 N–H and O–H groups in total. The summed E-state index contributed by atoms with van der Waals surface area (Å²) in [5.41, 5.74) is 8.24. The summed E-state index contributed by atoms with van der Waals surface area (Å²) in [6, 6.07) is 9.02. The molecule has 1 saturated carbocycles. The smallest absolute Gasteiger partial charge is 0.0588 e. The highest BCUT2D eigenvalue weighted by Gasteiger charge is 2.29. The fraction of sp³-hybridized carbons (Fsp3) is 0.625. The van der Waals surface area contributed by atoms with Crippen LogP contribution >= 0.6 is 0 Å². The number of anilines is 1. The van der Waals surface area contributed by atoms with E-state index >= 15 is 0 Å². The predicted molar refractivity (Wildman–Crippen MR) is 77.9 cm³/mol.